The monoisotopic (exact) mass is 431 g/mol. The van der Waals surface area contributed by atoms with Crippen LogP contribution in [0.15, 0.2) is 11.5 Å². The maximum Gasteiger partial charge on any atom is 0.236 e. The minimum atomic E-state index is -0.137. The average Bonchev–Trinajstić information content (AvgIpc) is 3.42. The molecule has 1 aliphatic rings. The highest BCUT2D eigenvalue weighted by Crippen LogP contribution is 2.37. The fraction of sp³-hybridized carbons (Fsp3) is 0.412. The minimum Gasteiger partial charge on any atom is -0.300 e. The van der Waals surface area contributed by atoms with E-state index in [0.29, 0.717) is 10.3 Å². The fourth-order valence-corrected chi connectivity index (χ4v) is 5.99. The van der Waals surface area contributed by atoms with E-state index in [-0.39, 0.29) is 11.7 Å². The molecule has 0 unspecified atom stereocenters. The molecule has 0 radical (unpaired) electrons. The summed E-state index contributed by atoms with van der Waals surface area (Å²) in [4.78, 5) is 19.3. The Labute approximate surface area is 172 Å². The first kappa shape index (κ1) is 18.0. The third-order valence-corrected chi connectivity index (χ3v) is 7.81. The number of rotatable bonds is 5. The predicted octanol–water partition coefficient (Wildman–Crippen LogP) is 3.36. The van der Waals surface area contributed by atoms with E-state index in [2.05, 4.69) is 30.7 Å². The van der Waals surface area contributed by atoms with Crippen LogP contribution >= 0.6 is 34.4 Å². The predicted molar refractivity (Wildman–Crippen MR) is 111 cm³/mol. The summed E-state index contributed by atoms with van der Waals surface area (Å²) in [6.45, 7) is 2.01. The van der Waals surface area contributed by atoms with Crippen LogP contribution in [0.1, 0.15) is 35.2 Å². The number of hydrogen-bond donors (Lipinski definition) is 1. The third kappa shape index (κ3) is 3.16. The van der Waals surface area contributed by atoms with Gasteiger partial charge in [-0.25, -0.2) is 4.98 Å². The average molecular weight is 432 g/mol. The molecule has 0 saturated heterocycles. The summed E-state index contributed by atoms with van der Waals surface area (Å²) >= 11 is 4.51. The van der Waals surface area contributed by atoms with Crippen molar-refractivity contribution in [2.45, 2.75) is 44.2 Å². The Balaban J connectivity index is 1.37. The summed E-state index contributed by atoms with van der Waals surface area (Å²) in [5.74, 6) is 0.0873. The van der Waals surface area contributed by atoms with Crippen molar-refractivity contribution in [1.29, 1.82) is 0 Å². The Hall–Kier alpha value is -2.11. The van der Waals surface area contributed by atoms with Crippen molar-refractivity contribution in [2.75, 3.05) is 11.1 Å². The number of anilines is 1. The molecule has 0 spiro atoms. The first-order valence-electron chi connectivity index (χ1n) is 9.12. The molecule has 1 N–H and O–H groups in total. The molecule has 1 aliphatic carbocycles. The highest BCUT2D eigenvalue weighted by molar-refractivity contribution is 7.99. The van der Waals surface area contributed by atoms with Crippen LogP contribution in [-0.2, 0) is 24.1 Å². The molecule has 4 aromatic rings. The van der Waals surface area contributed by atoms with Crippen molar-refractivity contribution in [1.82, 2.24) is 29.8 Å². The van der Waals surface area contributed by atoms with E-state index in [4.69, 9.17) is 0 Å². The zero-order chi connectivity index (χ0) is 19.1. The first-order chi connectivity index (χ1) is 13.7. The highest BCUT2D eigenvalue weighted by Gasteiger charge is 2.21. The summed E-state index contributed by atoms with van der Waals surface area (Å²) < 4.78 is 1.89. The molecule has 0 bridgehead atoms. The van der Waals surface area contributed by atoms with E-state index in [9.17, 15) is 4.79 Å². The third-order valence-electron chi connectivity index (χ3n) is 4.68. The van der Waals surface area contributed by atoms with Crippen LogP contribution in [0, 0.1) is 0 Å². The van der Waals surface area contributed by atoms with Crippen LogP contribution in [0.25, 0.3) is 15.9 Å². The van der Waals surface area contributed by atoms with Gasteiger partial charge >= 0.3 is 0 Å². The van der Waals surface area contributed by atoms with E-state index in [1.54, 1.807) is 17.7 Å². The van der Waals surface area contributed by atoms with Gasteiger partial charge in [0, 0.05) is 4.88 Å². The number of fused-ring (bicyclic) bond motifs is 5. The minimum absolute atomic E-state index is 0.137. The van der Waals surface area contributed by atoms with Crippen molar-refractivity contribution in [3.8, 4) is 0 Å². The molecule has 0 atom stereocenters. The Morgan fingerprint density at radius 2 is 2.11 bits per heavy atom. The van der Waals surface area contributed by atoms with E-state index < -0.39 is 0 Å². The van der Waals surface area contributed by atoms with Crippen LogP contribution in [0.2, 0.25) is 0 Å². The normalized spacial score (nSPS) is 13.9. The number of nitrogens with zero attached hydrogens (tertiary/aromatic N) is 6. The van der Waals surface area contributed by atoms with E-state index in [1.807, 2.05) is 11.3 Å². The summed E-state index contributed by atoms with van der Waals surface area (Å²) in [7, 11) is 0. The molecule has 8 nitrogen and oxygen atoms in total. The van der Waals surface area contributed by atoms with E-state index >= 15 is 0 Å². The number of aromatic nitrogens is 6. The molecule has 5 rings (SSSR count). The van der Waals surface area contributed by atoms with Gasteiger partial charge in [0.2, 0.25) is 11.0 Å². The zero-order valence-electron chi connectivity index (χ0n) is 15.1. The SMILES string of the molecule is CCc1nnc(NC(=O)CSc2nnc3c4c5c(sc4ncn23)CCCC5)s1. The molecule has 0 aromatic carbocycles. The number of hydrogen-bond acceptors (Lipinski definition) is 9. The Bertz CT molecular complexity index is 1180. The second-order valence-electron chi connectivity index (χ2n) is 6.50. The largest absolute Gasteiger partial charge is 0.300 e. The molecule has 144 valence electrons. The molecular weight excluding hydrogens is 414 g/mol. The molecule has 11 heteroatoms. The first-order valence-corrected chi connectivity index (χ1v) is 11.7. The van der Waals surface area contributed by atoms with Gasteiger partial charge in [0.1, 0.15) is 16.2 Å². The zero-order valence-corrected chi connectivity index (χ0v) is 17.6. The van der Waals surface area contributed by atoms with Gasteiger partial charge in [-0.2, -0.15) is 0 Å². The number of aryl methyl sites for hydroxylation is 3. The number of carbonyl (C=O) groups excluding carboxylic acids is 1. The lowest BCUT2D eigenvalue weighted by Crippen LogP contribution is -2.14. The second-order valence-corrected chi connectivity index (χ2v) is 9.59. The summed E-state index contributed by atoms with van der Waals surface area (Å²) in [6, 6.07) is 0. The summed E-state index contributed by atoms with van der Waals surface area (Å²) in [5.41, 5.74) is 2.22. The maximum atomic E-state index is 12.2. The molecule has 4 aromatic heterocycles. The van der Waals surface area contributed by atoms with Crippen LogP contribution in [-0.4, -0.2) is 41.4 Å². The smallest absolute Gasteiger partial charge is 0.236 e. The van der Waals surface area contributed by atoms with Crippen LogP contribution < -0.4 is 5.32 Å². The number of thioether (sulfide) groups is 1. The molecule has 0 aliphatic heterocycles. The Morgan fingerprint density at radius 3 is 2.96 bits per heavy atom. The summed E-state index contributed by atoms with van der Waals surface area (Å²) in [6.07, 6.45) is 7.23. The van der Waals surface area contributed by atoms with Crippen molar-refractivity contribution in [3.63, 3.8) is 0 Å². The van der Waals surface area contributed by atoms with Crippen molar-refractivity contribution < 1.29 is 4.79 Å². The Morgan fingerprint density at radius 1 is 1.21 bits per heavy atom. The topological polar surface area (TPSA) is 98.0 Å². The van der Waals surface area contributed by atoms with Crippen molar-refractivity contribution in [2.24, 2.45) is 0 Å². The number of carbonyl (C=O) groups is 1. The van der Waals surface area contributed by atoms with Crippen LogP contribution in [0.4, 0.5) is 5.13 Å². The van der Waals surface area contributed by atoms with E-state index in [0.717, 1.165) is 40.1 Å². The van der Waals surface area contributed by atoms with Gasteiger partial charge in [-0.15, -0.1) is 31.7 Å². The number of amides is 1. The van der Waals surface area contributed by atoms with Gasteiger partial charge in [-0.05, 0) is 37.7 Å². The summed E-state index contributed by atoms with van der Waals surface area (Å²) in [5, 5.41) is 22.7. The highest BCUT2D eigenvalue weighted by atomic mass is 32.2. The number of thiophene rings is 1. The lowest BCUT2D eigenvalue weighted by molar-refractivity contribution is -0.113. The standard InChI is InChI=1S/C17H17N7OS3/c1-2-12-20-22-16(28-12)19-11(25)7-26-17-23-21-14-13-9-5-3-4-6-10(9)27-15(13)18-8-24(14)17/h8H,2-7H2,1H3,(H,19,22,25). The molecule has 4 heterocycles. The van der Waals surface area contributed by atoms with Gasteiger partial charge in [0.25, 0.3) is 0 Å². The van der Waals surface area contributed by atoms with Gasteiger partial charge < -0.3 is 0 Å². The molecular formula is C17H17N7OS3. The number of nitrogens with one attached hydrogen (secondary N) is 1. The van der Waals surface area contributed by atoms with E-state index in [1.165, 1.54) is 46.4 Å². The Kier molecular flexibility index (Phi) is 4.73. The maximum absolute atomic E-state index is 12.2. The van der Waals surface area contributed by atoms with Crippen molar-refractivity contribution in [3.05, 3.63) is 21.8 Å². The van der Waals surface area contributed by atoms with Crippen LogP contribution in [0.3, 0.4) is 0 Å². The van der Waals surface area contributed by atoms with Crippen molar-refractivity contribution >= 4 is 61.3 Å². The lowest BCUT2D eigenvalue weighted by Gasteiger charge is -2.10. The fourth-order valence-electron chi connectivity index (χ4n) is 3.37. The molecule has 28 heavy (non-hydrogen) atoms. The second kappa shape index (κ2) is 7.37. The van der Waals surface area contributed by atoms with Gasteiger partial charge in [0.05, 0.1) is 11.1 Å². The van der Waals surface area contributed by atoms with Gasteiger partial charge in [-0.1, -0.05) is 30.0 Å². The lowest BCUT2D eigenvalue weighted by atomic mass is 9.97. The molecule has 0 fully saturated rings. The van der Waals surface area contributed by atoms with Crippen LogP contribution in [0.5, 0.6) is 0 Å². The van der Waals surface area contributed by atoms with Gasteiger partial charge in [-0.3, -0.25) is 14.5 Å². The van der Waals surface area contributed by atoms with Gasteiger partial charge in [0.15, 0.2) is 10.8 Å². The molecule has 1 amide bonds. The molecule has 0 saturated carbocycles. The quantitative estimate of drug-likeness (QED) is 0.484.